The summed E-state index contributed by atoms with van der Waals surface area (Å²) < 4.78 is 5.78. The van der Waals surface area contributed by atoms with Crippen LogP contribution in [-0.4, -0.2) is 46.8 Å². The van der Waals surface area contributed by atoms with Gasteiger partial charge in [0.15, 0.2) is 0 Å². The van der Waals surface area contributed by atoms with E-state index in [0.29, 0.717) is 29.1 Å². The highest BCUT2D eigenvalue weighted by Crippen LogP contribution is 2.31. The number of pyridine rings is 1. The number of nitrogens with zero attached hydrogens (tertiary/aromatic N) is 2. The number of aliphatic hydroxyl groups is 1. The summed E-state index contributed by atoms with van der Waals surface area (Å²) >= 11 is 5.91. The predicted octanol–water partition coefficient (Wildman–Crippen LogP) is 1.21. The second-order valence-electron chi connectivity index (χ2n) is 5.24. The Labute approximate surface area is 117 Å². The first-order valence-electron chi connectivity index (χ1n) is 6.60. The van der Waals surface area contributed by atoms with Crippen LogP contribution in [0.3, 0.4) is 0 Å². The molecular formula is C13H18ClN3O2. The predicted molar refractivity (Wildman–Crippen MR) is 73.0 cm³/mol. The summed E-state index contributed by atoms with van der Waals surface area (Å²) in [4.78, 5) is 6.36. The molecule has 0 spiro atoms. The standard InChI is InChI=1S/C13H18ClN3O2/c14-8-4-10(13(15)16-5-8)12(18)11-6-17-3-1-2-9(17)7-19-11/h4-5,9,11-12,18H,1-3,6-7H2,(H2,15,16). The van der Waals surface area contributed by atoms with Crippen LogP contribution in [0.2, 0.25) is 5.02 Å². The van der Waals surface area contributed by atoms with Gasteiger partial charge in [-0.1, -0.05) is 11.6 Å². The monoisotopic (exact) mass is 283 g/mol. The molecule has 3 rings (SSSR count). The van der Waals surface area contributed by atoms with E-state index in [2.05, 4.69) is 9.88 Å². The molecule has 1 aromatic heterocycles. The highest BCUT2D eigenvalue weighted by atomic mass is 35.5. The average Bonchev–Trinajstić information content (AvgIpc) is 2.88. The van der Waals surface area contributed by atoms with E-state index >= 15 is 0 Å². The smallest absolute Gasteiger partial charge is 0.129 e. The molecule has 2 aliphatic rings. The number of anilines is 1. The van der Waals surface area contributed by atoms with Gasteiger partial charge in [-0.05, 0) is 25.5 Å². The molecule has 0 saturated carbocycles. The molecule has 3 unspecified atom stereocenters. The highest BCUT2D eigenvalue weighted by molar-refractivity contribution is 6.30. The third-order valence-corrected chi connectivity index (χ3v) is 4.21. The summed E-state index contributed by atoms with van der Waals surface area (Å²) in [6.07, 6.45) is 2.82. The van der Waals surface area contributed by atoms with Crippen molar-refractivity contribution in [3.63, 3.8) is 0 Å². The number of ether oxygens (including phenoxy) is 1. The average molecular weight is 284 g/mol. The lowest BCUT2D eigenvalue weighted by Gasteiger charge is -2.37. The molecule has 0 aromatic carbocycles. The van der Waals surface area contributed by atoms with Crippen molar-refractivity contribution in [2.24, 2.45) is 0 Å². The molecule has 0 radical (unpaired) electrons. The van der Waals surface area contributed by atoms with Crippen LogP contribution < -0.4 is 5.73 Å². The Bertz CT molecular complexity index is 471. The maximum absolute atomic E-state index is 10.4. The van der Waals surface area contributed by atoms with Crippen LogP contribution in [0.5, 0.6) is 0 Å². The fourth-order valence-corrected chi connectivity index (χ4v) is 3.10. The molecule has 3 N–H and O–H groups in total. The van der Waals surface area contributed by atoms with Crippen LogP contribution in [0.1, 0.15) is 24.5 Å². The Morgan fingerprint density at radius 3 is 3.26 bits per heavy atom. The Balaban J connectivity index is 1.76. The van der Waals surface area contributed by atoms with Crippen LogP contribution in [0, 0.1) is 0 Å². The fraction of sp³-hybridized carbons (Fsp3) is 0.615. The van der Waals surface area contributed by atoms with E-state index < -0.39 is 6.10 Å². The molecule has 19 heavy (non-hydrogen) atoms. The zero-order valence-electron chi connectivity index (χ0n) is 10.6. The zero-order chi connectivity index (χ0) is 13.4. The molecule has 2 fully saturated rings. The van der Waals surface area contributed by atoms with E-state index in [0.717, 1.165) is 13.1 Å². The molecule has 6 heteroatoms. The van der Waals surface area contributed by atoms with Gasteiger partial charge in [0, 0.05) is 24.3 Å². The molecule has 3 atom stereocenters. The van der Waals surface area contributed by atoms with Crippen LogP contribution in [0.15, 0.2) is 12.3 Å². The Morgan fingerprint density at radius 1 is 1.58 bits per heavy atom. The number of morpholine rings is 1. The van der Waals surface area contributed by atoms with Gasteiger partial charge in [0.05, 0.1) is 11.6 Å². The fourth-order valence-electron chi connectivity index (χ4n) is 2.94. The minimum Gasteiger partial charge on any atom is -0.385 e. The molecule has 104 valence electrons. The van der Waals surface area contributed by atoms with Crippen LogP contribution in [-0.2, 0) is 4.74 Å². The van der Waals surface area contributed by atoms with Gasteiger partial charge in [-0.15, -0.1) is 0 Å². The van der Waals surface area contributed by atoms with Gasteiger partial charge in [0.1, 0.15) is 18.0 Å². The van der Waals surface area contributed by atoms with E-state index in [9.17, 15) is 5.11 Å². The number of nitrogens with two attached hydrogens (primary N) is 1. The molecule has 0 bridgehead atoms. The number of fused-ring (bicyclic) bond motifs is 1. The Kier molecular flexibility index (Phi) is 3.62. The zero-order valence-corrected chi connectivity index (χ0v) is 11.4. The number of nitrogen functional groups attached to an aromatic ring is 1. The van der Waals surface area contributed by atoms with Gasteiger partial charge < -0.3 is 15.6 Å². The van der Waals surface area contributed by atoms with Crippen molar-refractivity contribution in [2.45, 2.75) is 31.1 Å². The van der Waals surface area contributed by atoms with Crippen molar-refractivity contribution in [3.8, 4) is 0 Å². The lowest BCUT2D eigenvalue weighted by Crippen LogP contribution is -2.48. The van der Waals surface area contributed by atoms with Crippen molar-refractivity contribution in [2.75, 3.05) is 25.4 Å². The lowest BCUT2D eigenvalue weighted by molar-refractivity contribution is -0.103. The molecule has 1 aromatic rings. The van der Waals surface area contributed by atoms with Gasteiger partial charge in [0.25, 0.3) is 0 Å². The van der Waals surface area contributed by atoms with E-state index in [1.807, 2.05) is 0 Å². The van der Waals surface area contributed by atoms with Gasteiger partial charge in [-0.3, -0.25) is 4.90 Å². The number of rotatable bonds is 2. The molecular weight excluding hydrogens is 266 g/mol. The van der Waals surface area contributed by atoms with Crippen molar-refractivity contribution >= 4 is 17.4 Å². The van der Waals surface area contributed by atoms with Crippen LogP contribution >= 0.6 is 11.6 Å². The third kappa shape index (κ3) is 2.56. The number of halogens is 1. The second kappa shape index (κ2) is 5.25. The van der Waals surface area contributed by atoms with Gasteiger partial charge in [0.2, 0.25) is 0 Å². The maximum Gasteiger partial charge on any atom is 0.129 e. The second-order valence-corrected chi connectivity index (χ2v) is 5.67. The van der Waals surface area contributed by atoms with Gasteiger partial charge in [-0.2, -0.15) is 0 Å². The maximum atomic E-state index is 10.4. The molecule has 2 aliphatic heterocycles. The normalized spacial score (nSPS) is 29.2. The van der Waals surface area contributed by atoms with E-state index in [1.54, 1.807) is 6.07 Å². The number of hydrogen-bond donors (Lipinski definition) is 2. The van der Waals surface area contributed by atoms with Gasteiger partial charge in [-0.25, -0.2) is 4.98 Å². The first-order chi connectivity index (χ1) is 9.15. The highest BCUT2D eigenvalue weighted by Gasteiger charge is 2.36. The van der Waals surface area contributed by atoms with E-state index in [4.69, 9.17) is 22.1 Å². The first kappa shape index (κ1) is 13.1. The SMILES string of the molecule is Nc1ncc(Cl)cc1C(O)C1CN2CCCC2CO1. The third-order valence-electron chi connectivity index (χ3n) is 4.00. The van der Waals surface area contributed by atoms with E-state index in [-0.39, 0.29) is 6.10 Å². The minimum atomic E-state index is -0.784. The van der Waals surface area contributed by atoms with Crippen molar-refractivity contribution in [3.05, 3.63) is 22.8 Å². The summed E-state index contributed by atoms with van der Waals surface area (Å²) in [7, 11) is 0. The lowest BCUT2D eigenvalue weighted by atomic mass is 10.0. The number of aliphatic hydroxyl groups excluding tert-OH is 1. The Hall–Kier alpha value is -0.880. The number of hydrogen-bond acceptors (Lipinski definition) is 5. The largest absolute Gasteiger partial charge is 0.385 e. The van der Waals surface area contributed by atoms with Crippen molar-refractivity contribution in [1.82, 2.24) is 9.88 Å². The summed E-state index contributed by atoms with van der Waals surface area (Å²) in [6.45, 7) is 2.49. The molecule has 5 nitrogen and oxygen atoms in total. The van der Waals surface area contributed by atoms with Gasteiger partial charge >= 0.3 is 0 Å². The van der Waals surface area contributed by atoms with E-state index in [1.165, 1.54) is 19.0 Å². The Morgan fingerprint density at radius 2 is 2.42 bits per heavy atom. The topological polar surface area (TPSA) is 71.6 Å². The molecule has 2 saturated heterocycles. The summed E-state index contributed by atoms with van der Waals surface area (Å²) in [5.74, 6) is 0.309. The number of aromatic nitrogens is 1. The summed E-state index contributed by atoms with van der Waals surface area (Å²) in [5, 5.41) is 10.9. The van der Waals surface area contributed by atoms with Crippen molar-refractivity contribution < 1.29 is 9.84 Å². The summed E-state index contributed by atoms with van der Waals surface area (Å²) in [6, 6.07) is 2.17. The minimum absolute atomic E-state index is 0.267. The summed E-state index contributed by atoms with van der Waals surface area (Å²) in [5.41, 5.74) is 6.36. The van der Waals surface area contributed by atoms with Crippen LogP contribution in [0.4, 0.5) is 5.82 Å². The first-order valence-corrected chi connectivity index (χ1v) is 6.97. The molecule has 3 heterocycles. The van der Waals surface area contributed by atoms with Crippen LogP contribution in [0.25, 0.3) is 0 Å². The molecule has 0 aliphatic carbocycles. The quantitative estimate of drug-likeness (QED) is 0.854. The van der Waals surface area contributed by atoms with Crippen molar-refractivity contribution in [1.29, 1.82) is 0 Å². The molecule has 0 amide bonds.